The summed E-state index contributed by atoms with van der Waals surface area (Å²) in [5, 5.41) is 2.97. The maximum atomic E-state index is 13.0. The summed E-state index contributed by atoms with van der Waals surface area (Å²) in [6.45, 7) is 8.13. The third kappa shape index (κ3) is 7.48. The van der Waals surface area contributed by atoms with Crippen molar-refractivity contribution < 1.29 is 14.0 Å². The predicted molar refractivity (Wildman–Crippen MR) is 122 cm³/mol. The van der Waals surface area contributed by atoms with E-state index in [2.05, 4.69) is 5.32 Å². The molecule has 0 bridgehead atoms. The van der Waals surface area contributed by atoms with Gasteiger partial charge in [0.1, 0.15) is 11.9 Å². The molecule has 2 atom stereocenters. The van der Waals surface area contributed by atoms with Crippen molar-refractivity contribution in [3.63, 3.8) is 0 Å². The van der Waals surface area contributed by atoms with Crippen LogP contribution in [0.5, 0.6) is 0 Å². The molecule has 0 aliphatic heterocycles. The maximum Gasteiger partial charge on any atom is 0.242 e. The van der Waals surface area contributed by atoms with Crippen molar-refractivity contribution in [3.8, 4) is 0 Å². The molecule has 0 radical (unpaired) electrons. The molecule has 30 heavy (non-hydrogen) atoms. The minimum absolute atomic E-state index is 0.0594. The van der Waals surface area contributed by atoms with Crippen LogP contribution in [0.1, 0.15) is 43.9 Å². The fraction of sp³-hybridized carbons (Fsp3) is 0.417. The lowest BCUT2D eigenvalue weighted by molar-refractivity contribution is -0.138. The highest BCUT2D eigenvalue weighted by atomic mass is 32.2. The summed E-state index contributed by atoms with van der Waals surface area (Å²) < 4.78 is 13.0. The first-order valence-corrected chi connectivity index (χ1v) is 11.4. The molecule has 0 spiro atoms. The van der Waals surface area contributed by atoms with Crippen molar-refractivity contribution in [2.45, 2.75) is 58.5 Å². The van der Waals surface area contributed by atoms with Crippen LogP contribution in [0.2, 0.25) is 0 Å². The first kappa shape index (κ1) is 23.9. The molecule has 6 heteroatoms. The quantitative estimate of drug-likeness (QED) is 0.594. The van der Waals surface area contributed by atoms with Crippen LogP contribution >= 0.6 is 11.8 Å². The van der Waals surface area contributed by atoms with Gasteiger partial charge in [-0.2, -0.15) is 0 Å². The number of carbonyl (C=O) groups is 2. The van der Waals surface area contributed by atoms with Crippen molar-refractivity contribution in [1.82, 2.24) is 10.2 Å². The highest BCUT2D eigenvalue weighted by Gasteiger charge is 2.26. The highest BCUT2D eigenvalue weighted by Crippen LogP contribution is 2.17. The summed E-state index contributed by atoms with van der Waals surface area (Å²) in [5.74, 6) is 0.357. The van der Waals surface area contributed by atoms with E-state index in [0.29, 0.717) is 12.3 Å². The van der Waals surface area contributed by atoms with Crippen LogP contribution < -0.4 is 5.32 Å². The SMILES string of the molecule is CC[C@@H](C)NC(=O)[C@@H](C)N(Cc1ccc(C)cc1)C(=O)CSCc1ccc(F)cc1. The Morgan fingerprint density at radius 1 is 1.03 bits per heavy atom. The largest absolute Gasteiger partial charge is 0.352 e. The number of hydrogen-bond donors (Lipinski definition) is 1. The van der Waals surface area contributed by atoms with Crippen molar-refractivity contribution in [1.29, 1.82) is 0 Å². The van der Waals surface area contributed by atoms with E-state index in [1.54, 1.807) is 24.0 Å². The molecular formula is C24H31FN2O2S. The average molecular weight is 431 g/mol. The topological polar surface area (TPSA) is 49.4 Å². The monoisotopic (exact) mass is 430 g/mol. The van der Waals surface area contributed by atoms with Gasteiger partial charge in [-0.3, -0.25) is 9.59 Å². The zero-order chi connectivity index (χ0) is 22.1. The summed E-state index contributed by atoms with van der Waals surface area (Å²) in [4.78, 5) is 27.3. The summed E-state index contributed by atoms with van der Waals surface area (Å²) in [7, 11) is 0. The fourth-order valence-corrected chi connectivity index (χ4v) is 3.73. The Bertz CT molecular complexity index is 824. The number of halogens is 1. The minimum Gasteiger partial charge on any atom is -0.352 e. The number of rotatable bonds is 10. The fourth-order valence-electron chi connectivity index (χ4n) is 2.86. The van der Waals surface area contributed by atoms with E-state index in [-0.39, 0.29) is 29.4 Å². The zero-order valence-electron chi connectivity index (χ0n) is 18.2. The van der Waals surface area contributed by atoms with Crippen LogP contribution in [0, 0.1) is 12.7 Å². The van der Waals surface area contributed by atoms with Gasteiger partial charge in [-0.1, -0.05) is 48.9 Å². The van der Waals surface area contributed by atoms with Gasteiger partial charge in [0, 0.05) is 18.3 Å². The van der Waals surface area contributed by atoms with Crippen LogP contribution in [0.4, 0.5) is 4.39 Å². The standard InChI is InChI=1S/C24H31FN2O2S/c1-5-18(3)26-24(29)19(4)27(14-20-8-6-17(2)7-9-20)23(28)16-30-15-21-10-12-22(25)13-11-21/h6-13,18-19H,5,14-16H2,1-4H3,(H,26,29)/t18-,19-/m1/s1. The van der Waals surface area contributed by atoms with E-state index in [4.69, 9.17) is 0 Å². The van der Waals surface area contributed by atoms with E-state index in [1.165, 1.54) is 23.9 Å². The molecule has 0 aromatic heterocycles. The van der Waals surface area contributed by atoms with Gasteiger partial charge in [-0.05, 0) is 50.5 Å². The second-order valence-corrected chi connectivity index (χ2v) is 8.61. The Balaban J connectivity index is 2.06. The normalized spacial score (nSPS) is 12.8. The maximum absolute atomic E-state index is 13.0. The predicted octanol–water partition coefficient (Wildman–Crippen LogP) is 4.70. The molecule has 1 N–H and O–H groups in total. The van der Waals surface area contributed by atoms with E-state index in [0.717, 1.165) is 23.1 Å². The van der Waals surface area contributed by atoms with Gasteiger partial charge >= 0.3 is 0 Å². The zero-order valence-corrected chi connectivity index (χ0v) is 19.0. The molecule has 4 nitrogen and oxygen atoms in total. The molecule has 0 saturated heterocycles. The molecule has 0 aliphatic carbocycles. The van der Waals surface area contributed by atoms with Crippen molar-refractivity contribution in [2.75, 3.05) is 5.75 Å². The summed E-state index contributed by atoms with van der Waals surface area (Å²) in [5.41, 5.74) is 3.09. The molecule has 2 amide bonds. The second-order valence-electron chi connectivity index (χ2n) is 7.62. The lowest BCUT2D eigenvalue weighted by Crippen LogP contribution is -2.50. The Labute approximate surface area is 183 Å². The van der Waals surface area contributed by atoms with Gasteiger partial charge in [0.05, 0.1) is 5.75 Å². The molecule has 162 valence electrons. The Morgan fingerprint density at radius 2 is 1.63 bits per heavy atom. The van der Waals surface area contributed by atoms with E-state index < -0.39 is 6.04 Å². The Kier molecular flexibility index (Phi) is 9.37. The van der Waals surface area contributed by atoms with Crippen molar-refractivity contribution in [2.24, 2.45) is 0 Å². The molecule has 2 aromatic carbocycles. The van der Waals surface area contributed by atoms with Crippen molar-refractivity contribution >= 4 is 23.6 Å². The molecule has 0 saturated carbocycles. The van der Waals surface area contributed by atoms with Gasteiger partial charge in [0.15, 0.2) is 0 Å². The average Bonchev–Trinajstić information content (AvgIpc) is 2.74. The number of hydrogen-bond acceptors (Lipinski definition) is 3. The molecule has 2 aromatic rings. The lowest BCUT2D eigenvalue weighted by Gasteiger charge is -2.29. The van der Waals surface area contributed by atoms with Crippen LogP contribution in [0.3, 0.4) is 0 Å². The number of amides is 2. The van der Waals surface area contributed by atoms with E-state index in [9.17, 15) is 14.0 Å². The third-order valence-electron chi connectivity index (χ3n) is 5.05. The second kappa shape index (κ2) is 11.7. The number of thioether (sulfide) groups is 1. The summed E-state index contributed by atoms with van der Waals surface area (Å²) in [6, 6.07) is 13.8. The highest BCUT2D eigenvalue weighted by molar-refractivity contribution is 7.99. The molecule has 0 fully saturated rings. The molecular weight excluding hydrogens is 399 g/mol. The van der Waals surface area contributed by atoms with E-state index >= 15 is 0 Å². The lowest BCUT2D eigenvalue weighted by atomic mass is 10.1. The number of benzene rings is 2. The van der Waals surface area contributed by atoms with Gasteiger partial charge in [0.2, 0.25) is 11.8 Å². The number of carbonyl (C=O) groups excluding carboxylic acids is 2. The van der Waals surface area contributed by atoms with Gasteiger partial charge in [-0.15, -0.1) is 11.8 Å². The van der Waals surface area contributed by atoms with Gasteiger partial charge in [0.25, 0.3) is 0 Å². The molecule has 0 unspecified atom stereocenters. The number of aryl methyl sites for hydroxylation is 1. The molecule has 0 heterocycles. The third-order valence-corrected chi connectivity index (χ3v) is 6.04. The van der Waals surface area contributed by atoms with Crippen LogP contribution in [-0.2, 0) is 21.9 Å². The Hall–Kier alpha value is -2.34. The molecule has 2 rings (SSSR count). The van der Waals surface area contributed by atoms with Crippen molar-refractivity contribution in [3.05, 3.63) is 71.0 Å². The molecule has 0 aliphatic rings. The van der Waals surface area contributed by atoms with Crippen LogP contribution in [-0.4, -0.2) is 34.6 Å². The number of nitrogens with zero attached hydrogens (tertiary/aromatic N) is 1. The first-order valence-electron chi connectivity index (χ1n) is 10.3. The van der Waals surface area contributed by atoms with Gasteiger partial charge < -0.3 is 10.2 Å². The summed E-state index contributed by atoms with van der Waals surface area (Å²) in [6.07, 6.45) is 0.831. The smallest absolute Gasteiger partial charge is 0.242 e. The van der Waals surface area contributed by atoms with Crippen LogP contribution in [0.25, 0.3) is 0 Å². The minimum atomic E-state index is -0.570. The first-order chi connectivity index (χ1) is 14.3. The van der Waals surface area contributed by atoms with Gasteiger partial charge in [-0.25, -0.2) is 4.39 Å². The Morgan fingerprint density at radius 3 is 2.23 bits per heavy atom. The van der Waals surface area contributed by atoms with E-state index in [1.807, 2.05) is 45.0 Å². The van der Waals surface area contributed by atoms with Crippen LogP contribution in [0.15, 0.2) is 48.5 Å². The summed E-state index contributed by atoms with van der Waals surface area (Å²) >= 11 is 1.46. The number of nitrogens with one attached hydrogen (secondary N) is 1.